The zero-order valence-electron chi connectivity index (χ0n) is 14.7. The van der Waals surface area contributed by atoms with E-state index in [1.54, 1.807) is 0 Å². The average molecular weight is 400 g/mol. The third-order valence-electron chi connectivity index (χ3n) is 6.18. The Morgan fingerprint density at radius 2 is 1.85 bits per heavy atom. The summed E-state index contributed by atoms with van der Waals surface area (Å²) in [4.78, 5) is 11.9. The van der Waals surface area contributed by atoms with Gasteiger partial charge < -0.3 is 4.74 Å². The molecule has 1 unspecified atom stereocenters. The fraction of sp³-hybridized carbons (Fsp3) is 0.632. The number of carbonyl (C=O) groups is 1. The number of ether oxygens (including phenoxy) is 1. The highest BCUT2D eigenvalue weighted by molar-refractivity contribution is 7.82. The summed E-state index contributed by atoms with van der Waals surface area (Å²) < 4.78 is 33.7. The topological polar surface area (TPSA) is 55.4 Å². The summed E-state index contributed by atoms with van der Waals surface area (Å²) in [5.41, 5.74) is 0.185. The summed E-state index contributed by atoms with van der Waals surface area (Å²) in [6.45, 7) is 0.484. The Hall–Kier alpha value is -1.14. The van der Waals surface area contributed by atoms with Crippen molar-refractivity contribution >= 4 is 28.5 Å². The van der Waals surface area contributed by atoms with Crippen molar-refractivity contribution in [2.75, 3.05) is 12.9 Å². The van der Waals surface area contributed by atoms with Gasteiger partial charge in [-0.1, -0.05) is 11.6 Å². The second kappa shape index (κ2) is 6.79. The van der Waals surface area contributed by atoms with Crippen molar-refractivity contribution in [1.29, 1.82) is 0 Å². The molecule has 0 spiro atoms. The van der Waals surface area contributed by atoms with E-state index in [9.17, 15) is 13.4 Å². The summed E-state index contributed by atoms with van der Waals surface area (Å²) in [6.07, 6.45) is 8.87. The molecule has 0 aromatic heterocycles. The predicted octanol–water partition coefficient (Wildman–Crippen LogP) is 4.10. The minimum Gasteiger partial charge on any atom is -0.488 e. The van der Waals surface area contributed by atoms with E-state index in [0.717, 1.165) is 23.8 Å². The van der Waals surface area contributed by atoms with Crippen LogP contribution >= 0.6 is 11.6 Å². The molecule has 142 valence electrons. The maximum absolute atomic E-state index is 14.5. The van der Waals surface area contributed by atoms with E-state index >= 15 is 0 Å². The zero-order valence-corrected chi connectivity index (χ0v) is 16.3. The Morgan fingerprint density at radius 3 is 2.35 bits per heavy atom. The van der Waals surface area contributed by atoms with Gasteiger partial charge in [-0.3, -0.25) is 9.52 Å². The van der Waals surface area contributed by atoms with E-state index in [1.807, 2.05) is 0 Å². The first kappa shape index (κ1) is 18.2. The van der Waals surface area contributed by atoms with Gasteiger partial charge in [0.15, 0.2) is 11.6 Å². The van der Waals surface area contributed by atoms with Crippen molar-refractivity contribution in [3.05, 3.63) is 28.5 Å². The van der Waals surface area contributed by atoms with Crippen molar-refractivity contribution < 1.29 is 18.1 Å². The molecule has 4 fully saturated rings. The van der Waals surface area contributed by atoms with Gasteiger partial charge in [0.2, 0.25) is 0 Å². The summed E-state index contributed by atoms with van der Waals surface area (Å²) in [5, 5.41) is 0.0711. The number of benzene rings is 1. The highest BCUT2D eigenvalue weighted by atomic mass is 35.5. The molecule has 26 heavy (non-hydrogen) atoms. The molecule has 1 atom stereocenters. The number of halogens is 2. The maximum atomic E-state index is 14.5. The number of rotatable bonds is 5. The normalized spacial score (nSPS) is 33.1. The Balaban J connectivity index is 1.48. The van der Waals surface area contributed by atoms with Gasteiger partial charge in [0.25, 0.3) is 5.91 Å². The van der Waals surface area contributed by atoms with Crippen molar-refractivity contribution in [3.8, 4) is 5.75 Å². The van der Waals surface area contributed by atoms with Crippen LogP contribution in [-0.2, 0) is 11.0 Å². The van der Waals surface area contributed by atoms with E-state index in [1.165, 1.54) is 50.8 Å². The third-order valence-corrected chi connectivity index (χ3v) is 6.94. The van der Waals surface area contributed by atoms with E-state index < -0.39 is 22.7 Å². The number of hydrogen-bond acceptors (Lipinski definition) is 3. The lowest BCUT2D eigenvalue weighted by Crippen LogP contribution is -2.48. The molecule has 4 aliphatic carbocycles. The largest absolute Gasteiger partial charge is 0.488 e. The second-order valence-corrected chi connectivity index (χ2v) is 9.88. The van der Waals surface area contributed by atoms with Crippen LogP contribution in [0.4, 0.5) is 4.39 Å². The quantitative estimate of drug-likeness (QED) is 0.811. The summed E-state index contributed by atoms with van der Waals surface area (Å²) in [5.74, 6) is 1.12. The Bertz CT molecular complexity index is 711. The fourth-order valence-corrected chi connectivity index (χ4v) is 6.35. The molecule has 7 heteroatoms. The Morgan fingerprint density at radius 1 is 1.27 bits per heavy atom. The molecule has 4 saturated carbocycles. The van der Waals surface area contributed by atoms with Gasteiger partial charge in [0.05, 0.1) is 11.6 Å². The lowest BCUT2D eigenvalue weighted by molar-refractivity contribution is -0.0749. The molecule has 1 aromatic carbocycles. The predicted molar refractivity (Wildman–Crippen MR) is 99.0 cm³/mol. The van der Waals surface area contributed by atoms with Crippen LogP contribution in [0, 0.1) is 29.0 Å². The first-order chi connectivity index (χ1) is 12.3. The average Bonchev–Trinajstić information content (AvgIpc) is 2.51. The highest BCUT2D eigenvalue weighted by Crippen LogP contribution is 2.60. The van der Waals surface area contributed by atoms with Crippen molar-refractivity contribution in [1.82, 2.24) is 4.72 Å². The van der Waals surface area contributed by atoms with Crippen molar-refractivity contribution in [3.63, 3.8) is 0 Å². The van der Waals surface area contributed by atoms with Gasteiger partial charge in [-0.2, -0.15) is 0 Å². The molecule has 4 nitrogen and oxygen atoms in total. The summed E-state index contributed by atoms with van der Waals surface area (Å²) in [6, 6.07) is 2.45. The van der Waals surface area contributed by atoms with Gasteiger partial charge in [0, 0.05) is 17.2 Å². The van der Waals surface area contributed by atoms with E-state index in [-0.39, 0.29) is 21.8 Å². The van der Waals surface area contributed by atoms with E-state index in [0.29, 0.717) is 6.61 Å². The number of hydrogen-bond donors (Lipinski definition) is 1. The Labute approximate surface area is 160 Å². The number of amides is 1. The minimum atomic E-state index is -1.52. The third kappa shape index (κ3) is 3.50. The van der Waals surface area contributed by atoms with Crippen LogP contribution < -0.4 is 9.46 Å². The SMILES string of the molecule is CS(=O)NC(=O)c1cc(F)c(OCC23CC4CC(CC(C4)C2)C3)c(Cl)c1. The molecule has 0 heterocycles. The van der Waals surface area contributed by atoms with E-state index in [4.69, 9.17) is 16.3 Å². The molecular weight excluding hydrogens is 377 g/mol. The first-order valence-corrected chi connectivity index (χ1v) is 11.0. The number of carbonyl (C=O) groups excluding carboxylic acids is 1. The first-order valence-electron chi connectivity index (χ1n) is 9.10. The van der Waals surface area contributed by atoms with Crippen molar-refractivity contribution in [2.24, 2.45) is 23.2 Å². The van der Waals surface area contributed by atoms with Crippen LogP contribution in [-0.4, -0.2) is 23.0 Å². The molecule has 0 saturated heterocycles. The van der Waals surface area contributed by atoms with Gasteiger partial charge >= 0.3 is 0 Å². The van der Waals surface area contributed by atoms with Crippen LogP contribution in [0.2, 0.25) is 5.02 Å². The molecule has 1 aromatic rings. The van der Waals surface area contributed by atoms with Crippen LogP contribution in [0.1, 0.15) is 48.9 Å². The molecule has 4 aliphatic rings. The van der Waals surface area contributed by atoms with Crippen LogP contribution in [0.5, 0.6) is 5.75 Å². The van der Waals surface area contributed by atoms with Gasteiger partial charge in [-0.25, -0.2) is 8.60 Å². The molecular formula is C19H23ClFNO3S. The molecule has 1 amide bonds. The standard InChI is InChI=1S/C19H23ClFNO3S/c1-26(24)22-18(23)14-5-15(20)17(16(21)6-14)25-10-19-7-11-2-12(8-19)4-13(3-11)9-19/h5-6,11-13H,2-4,7-10H2,1H3,(H,22,23). The van der Waals surface area contributed by atoms with Crippen molar-refractivity contribution in [2.45, 2.75) is 38.5 Å². The lowest BCUT2D eigenvalue weighted by Gasteiger charge is -2.56. The second-order valence-electron chi connectivity index (χ2n) is 8.36. The molecule has 5 rings (SSSR count). The lowest BCUT2D eigenvalue weighted by atomic mass is 9.50. The van der Waals surface area contributed by atoms with Crippen LogP contribution in [0.3, 0.4) is 0 Å². The molecule has 4 bridgehead atoms. The fourth-order valence-electron chi connectivity index (χ4n) is 5.71. The van der Waals surface area contributed by atoms with Crippen LogP contribution in [0.15, 0.2) is 12.1 Å². The summed E-state index contributed by atoms with van der Waals surface area (Å²) in [7, 11) is -1.52. The molecule has 1 N–H and O–H groups in total. The maximum Gasteiger partial charge on any atom is 0.263 e. The highest BCUT2D eigenvalue weighted by Gasteiger charge is 2.51. The monoisotopic (exact) mass is 399 g/mol. The summed E-state index contributed by atoms with van der Waals surface area (Å²) >= 11 is 6.18. The Kier molecular flexibility index (Phi) is 4.76. The molecule has 0 aliphatic heterocycles. The molecule has 0 radical (unpaired) electrons. The van der Waals surface area contributed by atoms with Gasteiger partial charge in [0.1, 0.15) is 11.0 Å². The van der Waals surface area contributed by atoms with Crippen LogP contribution in [0.25, 0.3) is 0 Å². The number of nitrogens with one attached hydrogen (secondary N) is 1. The van der Waals surface area contributed by atoms with Gasteiger partial charge in [-0.05, 0) is 68.4 Å². The van der Waals surface area contributed by atoms with E-state index in [2.05, 4.69) is 4.72 Å². The minimum absolute atomic E-state index is 0.0107. The van der Waals surface area contributed by atoms with Gasteiger partial charge in [-0.15, -0.1) is 0 Å². The zero-order chi connectivity index (χ0) is 18.5. The smallest absolute Gasteiger partial charge is 0.263 e.